The van der Waals surface area contributed by atoms with E-state index in [2.05, 4.69) is 10.4 Å². The van der Waals surface area contributed by atoms with Gasteiger partial charge in [0.25, 0.3) is 0 Å². The van der Waals surface area contributed by atoms with Crippen molar-refractivity contribution in [2.45, 2.75) is 25.8 Å². The van der Waals surface area contributed by atoms with Crippen LogP contribution in [0.4, 0.5) is 5.82 Å². The van der Waals surface area contributed by atoms with E-state index in [1.807, 2.05) is 4.68 Å². The molecule has 2 unspecified atom stereocenters. The fourth-order valence-electron chi connectivity index (χ4n) is 2.90. The number of anilines is 1. The second-order valence-electron chi connectivity index (χ2n) is 4.98. The SMILES string of the molecule is CCOC(=O)c1cnn2c1NCCC2C1CCOC1. The average Bonchev–Trinajstić information content (AvgIpc) is 3.08. The third-order valence-electron chi connectivity index (χ3n) is 3.85. The molecule has 2 aliphatic heterocycles. The highest BCUT2D eigenvalue weighted by Crippen LogP contribution is 2.35. The lowest BCUT2D eigenvalue weighted by molar-refractivity contribution is 0.0527. The maximum atomic E-state index is 11.9. The molecule has 0 radical (unpaired) electrons. The smallest absolute Gasteiger partial charge is 0.343 e. The number of nitrogens with one attached hydrogen (secondary N) is 1. The van der Waals surface area contributed by atoms with Crippen molar-refractivity contribution in [1.82, 2.24) is 9.78 Å². The lowest BCUT2D eigenvalue weighted by Gasteiger charge is -2.29. The second kappa shape index (κ2) is 5.21. The molecule has 0 spiro atoms. The normalized spacial score (nSPS) is 25.7. The van der Waals surface area contributed by atoms with Crippen molar-refractivity contribution in [1.29, 1.82) is 0 Å². The Hall–Kier alpha value is -1.56. The lowest BCUT2D eigenvalue weighted by atomic mass is 9.95. The van der Waals surface area contributed by atoms with Gasteiger partial charge in [0.1, 0.15) is 11.4 Å². The molecule has 2 atom stereocenters. The topological polar surface area (TPSA) is 65.4 Å². The summed E-state index contributed by atoms with van der Waals surface area (Å²) in [6.07, 6.45) is 3.69. The van der Waals surface area contributed by atoms with Crippen LogP contribution in [-0.2, 0) is 9.47 Å². The van der Waals surface area contributed by atoms with E-state index in [9.17, 15) is 4.79 Å². The van der Waals surface area contributed by atoms with E-state index < -0.39 is 0 Å². The van der Waals surface area contributed by atoms with E-state index in [0.29, 0.717) is 24.1 Å². The van der Waals surface area contributed by atoms with E-state index in [4.69, 9.17) is 9.47 Å². The lowest BCUT2D eigenvalue weighted by Crippen LogP contribution is -2.30. The highest BCUT2D eigenvalue weighted by atomic mass is 16.5. The van der Waals surface area contributed by atoms with Gasteiger partial charge in [0.05, 0.1) is 25.5 Å². The fraction of sp³-hybridized carbons (Fsp3) is 0.692. The van der Waals surface area contributed by atoms with Crippen molar-refractivity contribution in [3.63, 3.8) is 0 Å². The van der Waals surface area contributed by atoms with Crippen LogP contribution in [0.3, 0.4) is 0 Å². The Balaban J connectivity index is 1.87. The van der Waals surface area contributed by atoms with Crippen molar-refractivity contribution >= 4 is 11.8 Å². The molecule has 0 aliphatic carbocycles. The fourth-order valence-corrected chi connectivity index (χ4v) is 2.90. The molecular formula is C13H19N3O3. The zero-order valence-electron chi connectivity index (χ0n) is 11.1. The summed E-state index contributed by atoms with van der Waals surface area (Å²) in [4.78, 5) is 11.9. The van der Waals surface area contributed by atoms with Gasteiger partial charge in [0.2, 0.25) is 0 Å². The summed E-state index contributed by atoms with van der Waals surface area (Å²) in [5.41, 5.74) is 0.533. The van der Waals surface area contributed by atoms with Gasteiger partial charge in [-0.3, -0.25) is 0 Å². The van der Waals surface area contributed by atoms with E-state index in [-0.39, 0.29) is 5.97 Å². The molecule has 3 rings (SSSR count). The third kappa shape index (κ3) is 2.20. The van der Waals surface area contributed by atoms with Gasteiger partial charge in [0, 0.05) is 19.1 Å². The number of rotatable bonds is 3. The molecule has 6 nitrogen and oxygen atoms in total. The molecule has 19 heavy (non-hydrogen) atoms. The first-order valence-corrected chi connectivity index (χ1v) is 6.87. The summed E-state index contributed by atoms with van der Waals surface area (Å²) in [5, 5.41) is 7.65. The molecule has 1 saturated heterocycles. The molecule has 1 N–H and O–H groups in total. The van der Waals surface area contributed by atoms with Crippen molar-refractivity contribution in [2.24, 2.45) is 5.92 Å². The number of hydrogen-bond donors (Lipinski definition) is 1. The minimum absolute atomic E-state index is 0.306. The Labute approximate surface area is 112 Å². The molecule has 0 bridgehead atoms. The number of esters is 1. The second-order valence-corrected chi connectivity index (χ2v) is 4.98. The van der Waals surface area contributed by atoms with Gasteiger partial charge in [-0.1, -0.05) is 0 Å². The molecular weight excluding hydrogens is 246 g/mol. The summed E-state index contributed by atoms with van der Waals surface area (Å²) in [6.45, 7) is 4.66. The minimum Gasteiger partial charge on any atom is -0.462 e. The van der Waals surface area contributed by atoms with Crippen LogP contribution in [0.25, 0.3) is 0 Å². The predicted octanol–water partition coefficient (Wildman–Crippen LogP) is 1.45. The van der Waals surface area contributed by atoms with Crippen LogP contribution in [0, 0.1) is 5.92 Å². The first kappa shape index (κ1) is 12.5. The van der Waals surface area contributed by atoms with Crippen LogP contribution < -0.4 is 5.32 Å². The van der Waals surface area contributed by atoms with Gasteiger partial charge in [-0.25, -0.2) is 9.48 Å². The van der Waals surface area contributed by atoms with Crippen molar-refractivity contribution in [3.8, 4) is 0 Å². The molecule has 2 aliphatic rings. The Morgan fingerprint density at radius 2 is 2.53 bits per heavy atom. The minimum atomic E-state index is -0.306. The number of hydrogen-bond acceptors (Lipinski definition) is 5. The van der Waals surface area contributed by atoms with Crippen molar-refractivity contribution < 1.29 is 14.3 Å². The molecule has 1 fully saturated rings. The summed E-state index contributed by atoms with van der Waals surface area (Å²) in [5.74, 6) is 0.983. The Morgan fingerprint density at radius 3 is 3.26 bits per heavy atom. The molecule has 104 valence electrons. The number of carbonyl (C=O) groups excluding carboxylic acids is 1. The zero-order valence-corrected chi connectivity index (χ0v) is 11.1. The molecule has 0 aromatic carbocycles. The van der Waals surface area contributed by atoms with Crippen LogP contribution >= 0.6 is 0 Å². The number of ether oxygens (including phenoxy) is 2. The quantitative estimate of drug-likeness (QED) is 0.838. The number of nitrogens with zero attached hydrogens (tertiary/aromatic N) is 2. The van der Waals surface area contributed by atoms with Crippen LogP contribution in [0.5, 0.6) is 0 Å². The number of carbonyl (C=O) groups is 1. The van der Waals surface area contributed by atoms with Gasteiger partial charge < -0.3 is 14.8 Å². The molecule has 0 saturated carbocycles. The average molecular weight is 265 g/mol. The third-order valence-corrected chi connectivity index (χ3v) is 3.85. The van der Waals surface area contributed by atoms with Crippen LogP contribution in [0.15, 0.2) is 6.20 Å². The Kier molecular flexibility index (Phi) is 3.42. The first-order chi connectivity index (χ1) is 9.31. The van der Waals surface area contributed by atoms with Crippen LogP contribution in [-0.4, -0.2) is 42.1 Å². The van der Waals surface area contributed by atoms with Crippen molar-refractivity contribution in [2.75, 3.05) is 31.7 Å². The largest absolute Gasteiger partial charge is 0.462 e. The predicted molar refractivity (Wildman–Crippen MR) is 69.3 cm³/mol. The summed E-state index contributed by atoms with van der Waals surface area (Å²) in [6, 6.07) is 0.321. The maximum absolute atomic E-state index is 11.9. The summed E-state index contributed by atoms with van der Waals surface area (Å²) < 4.78 is 12.5. The van der Waals surface area contributed by atoms with Gasteiger partial charge in [-0.2, -0.15) is 5.10 Å². The van der Waals surface area contributed by atoms with Gasteiger partial charge in [-0.05, 0) is 19.8 Å². The highest BCUT2D eigenvalue weighted by Gasteiger charge is 2.33. The summed E-state index contributed by atoms with van der Waals surface area (Å²) >= 11 is 0. The van der Waals surface area contributed by atoms with E-state index in [1.54, 1.807) is 13.1 Å². The Morgan fingerprint density at radius 1 is 1.63 bits per heavy atom. The van der Waals surface area contributed by atoms with Crippen LogP contribution in [0.2, 0.25) is 0 Å². The number of aromatic nitrogens is 2. The first-order valence-electron chi connectivity index (χ1n) is 6.87. The Bertz CT molecular complexity index is 466. The molecule has 6 heteroatoms. The van der Waals surface area contributed by atoms with Crippen molar-refractivity contribution in [3.05, 3.63) is 11.8 Å². The maximum Gasteiger partial charge on any atom is 0.343 e. The molecule has 1 aromatic heterocycles. The highest BCUT2D eigenvalue weighted by molar-refractivity contribution is 5.94. The van der Waals surface area contributed by atoms with Gasteiger partial charge in [-0.15, -0.1) is 0 Å². The molecule has 3 heterocycles. The standard InChI is InChI=1S/C13H19N3O3/c1-2-19-13(17)10-7-15-16-11(3-5-14-12(10)16)9-4-6-18-8-9/h7,9,11,14H,2-6,8H2,1H3. The van der Waals surface area contributed by atoms with Gasteiger partial charge in [0.15, 0.2) is 0 Å². The molecule has 1 aromatic rings. The zero-order chi connectivity index (χ0) is 13.2. The monoisotopic (exact) mass is 265 g/mol. The van der Waals surface area contributed by atoms with E-state index >= 15 is 0 Å². The van der Waals surface area contributed by atoms with Crippen LogP contribution in [0.1, 0.15) is 36.2 Å². The molecule has 0 amide bonds. The van der Waals surface area contributed by atoms with Gasteiger partial charge >= 0.3 is 5.97 Å². The van der Waals surface area contributed by atoms with E-state index in [1.165, 1.54) is 0 Å². The number of fused-ring (bicyclic) bond motifs is 1. The summed E-state index contributed by atoms with van der Waals surface area (Å²) in [7, 11) is 0. The van der Waals surface area contributed by atoms with E-state index in [0.717, 1.165) is 38.4 Å².